The van der Waals surface area contributed by atoms with E-state index in [9.17, 15) is 4.39 Å². The Morgan fingerprint density at radius 1 is 1.17 bits per heavy atom. The van der Waals surface area contributed by atoms with Crippen LogP contribution < -0.4 is 5.32 Å². The Balaban J connectivity index is 1.82. The van der Waals surface area contributed by atoms with Crippen LogP contribution >= 0.6 is 11.6 Å². The van der Waals surface area contributed by atoms with Crippen LogP contribution in [0.15, 0.2) is 42.7 Å². The highest BCUT2D eigenvalue weighted by Gasteiger charge is 2.05. The van der Waals surface area contributed by atoms with Crippen molar-refractivity contribution < 1.29 is 4.39 Å². The van der Waals surface area contributed by atoms with E-state index >= 15 is 0 Å². The molecular formula is C14H14ClFN2. The Labute approximate surface area is 111 Å². The fraction of sp³-hybridized carbons (Fsp3) is 0.214. The van der Waals surface area contributed by atoms with Crippen LogP contribution in [-0.2, 0) is 13.0 Å². The summed E-state index contributed by atoms with van der Waals surface area (Å²) in [5, 5.41) is 3.74. The van der Waals surface area contributed by atoms with Gasteiger partial charge >= 0.3 is 0 Å². The van der Waals surface area contributed by atoms with Crippen LogP contribution in [0.4, 0.5) is 4.39 Å². The number of pyridine rings is 1. The van der Waals surface area contributed by atoms with Crippen molar-refractivity contribution in [3.63, 3.8) is 0 Å². The van der Waals surface area contributed by atoms with Crippen LogP contribution in [0.1, 0.15) is 11.1 Å². The van der Waals surface area contributed by atoms with Gasteiger partial charge in [0.2, 0.25) is 0 Å². The Hall–Kier alpha value is -1.45. The van der Waals surface area contributed by atoms with Crippen LogP contribution in [0.25, 0.3) is 0 Å². The van der Waals surface area contributed by atoms with E-state index in [1.54, 1.807) is 24.5 Å². The lowest BCUT2D eigenvalue weighted by Crippen LogP contribution is -2.17. The van der Waals surface area contributed by atoms with E-state index in [2.05, 4.69) is 10.3 Å². The van der Waals surface area contributed by atoms with Crippen molar-refractivity contribution in [1.29, 1.82) is 0 Å². The molecule has 2 rings (SSSR count). The smallest absolute Gasteiger partial charge is 0.127 e. The summed E-state index contributed by atoms with van der Waals surface area (Å²) in [6.45, 7) is 1.43. The summed E-state index contributed by atoms with van der Waals surface area (Å²) >= 11 is 5.95. The standard InChI is InChI=1S/C14H14ClFN2/c15-13-2-1-3-14(16)12(13)6-9-18-10-11-4-7-17-8-5-11/h1-5,7-8,18H,6,9-10H2. The average molecular weight is 265 g/mol. The SMILES string of the molecule is Fc1cccc(Cl)c1CCNCc1ccncc1. The third kappa shape index (κ3) is 3.52. The summed E-state index contributed by atoms with van der Waals surface area (Å²) in [6.07, 6.45) is 4.09. The monoisotopic (exact) mass is 264 g/mol. The molecular weight excluding hydrogens is 251 g/mol. The molecule has 0 bridgehead atoms. The molecule has 0 radical (unpaired) electrons. The quantitative estimate of drug-likeness (QED) is 0.839. The van der Waals surface area contributed by atoms with Crippen molar-refractivity contribution >= 4 is 11.6 Å². The molecule has 0 aliphatic carbocycles. The Kier molecular flexibility index (Phi) is 4.67. The van der Waals surface area contributed by atoms with E-state index in [1.807, 2.05) is 12.1 Å². The van der Waals surface area contributed by atoms with E-state index in [4.69, 9.17) is 11.6 Å². The van der Waals surface area contributed by atoms with Gasteiger partial charge in [0.1, 0.15) is 5.82 Å². The first-order valence-corrected chi connectivity index (χ1v) is 6.17. The number of nitrogens with one attached hydrogen (secondary N) is 1. The Morgan fingerprint density at radius 3 is 2.67 bits per heavy atom. The molecule has 4 heteroatoms. The van der Waals surface area contributed by atoms with E-state index in [0.29, 0.717) is 23.6 Å². The summed E-state index contributed by atoms with van der Waals surface area (Å²) in [5.74, 6) is -0.242. The highest BCUT2D eigenvalue weighted by atomic mass is 35.5. The summed E-state index contributed by atoms with van der Waals surface area (Å²) in [6, 6.07) is 8.66. The number of benzene rings is 1. The topological polar surface area (TPSA) is 24.9 Å². The molecule has 1 N–H and O–H groups in total. The Morgan fingerprint density at radius 2 is 1.94 bits per heavy atom. The number of rotatable bonds is 5. The lowest BCUT2D eigenvalue weighted by atomic mass is 10.1. The fourth-order valence-corrected chi connectivity index (χ4v) is 1.98. The summed E-state index contributed by atoms with van der Waals surface area (Å²) in [5.41, 5.74) is 1.73. The van der Waals surface area contributed by atoms with Gasteiger partial charge in [-0.2, -0.15) is 0 Å². The van der Waals surface area contributed by atoms with Crippen molar-refractivity contribution in [3.05, 3.63) is 64.7 Å². The minimum Gasteiger partial charge on any atom is -0.312 e. The molecule has 2 nitrogen and oxygen atoms in total. The highest BCUT2D eigenvalue weighted by Crippen LogP contribution is 2.18. The molecule has 0 spiro atoms. The van der Waals surface area contributed by atoms with Gasteiger partial charge in [0.25, 0.3) is 0 Å². The number of halogens is 2. The van der Waals surface area contributed by atoms with Crippen molar-refractivity contribution in [2.75, 3.05) is 6.54 Å². The lowest BCUT2D eigenvalue weighted by Gasteiger charge is -2.07. The zero-order valence-corrected chi connectivity index (χ0v) is 10.6. The molecule has 0 saturated carbocycles. The molecule has 2 aromatic rings. The molecule has 0 saturated heterocycles. The maximum atomic E-state index is 13.5. The van der Waals surface area contributed by atoms with Gasteiger partial charge in [-0.1, -0.05) is 17.7 Å². The van der Waals surface area contributed by atoms with E-state index < -0.39 is 0 Å². The molecule has 0 fully saturated rings. The second kappa shape index (κ2) is 6.47. The first-order chi connectivity index (χ1) is 8.77. The predicted molar refractivity (Wildman–Crippen MR) is 71.1 cm³/mol. The van der Waals surface area contributed by atoms with Gasteiger partial charge in [-0.25, -0.2) is 4.39 Å². The molecule has 0 amide bonds. The van der Waals surface area contributed by atoms with Crippen LogP contribution in [-0.4, -0.2) is 11.5 Å². The zero-order chi connectivity index (χ0) is 12.8. The second-order valence-electron chi connectivity index (χ2n) is 3.98. The van der Waals surface area contributed by atoms with Gasteiger partial charge in [0, 0.05) is 29.5 Å². The highest BCUT2D eigenvalue weighted by molar-refractivity contribution is 6.31. The first kappa shape index (κ1) is 13.0. The largest absolute Gasteiger partial charge is 0.312 e. The third-order valence-corrected chi connectivity index (χ3v) is 3.05. The summed E-state index contributed by atoms with van der Waals surface area (Å²) in [4.78, 5) is 3.95. The second-order valence-corrected chi connectivity index (χ2v) is 4.39. The molecule has 94 valence electrons. The van der Waals surface area contributed by atoms with Crippen molar-refractivity contribution in [3.8, 4) is 0 Å². The molecule has 1 aromatic carbocycles. The van der Waals surface area contributed by atoms with Crippen LogP contribution in [0.2, 0.25) is 5.02 Å². The predicted octanol–water partition coefficient (Wildman–Crippen LogP) is 3.21. The maximum absolute atomic E-state index is 13.5. The maximum Gasteiger partial charge on any atom is 0.127 e. The van der Waals surface area contributed by atoms with Gasteiger partial charge in [0.15, 0.2) is 0 Å². The van der Waals surface area contributed by atoms with E-state index in [0.717, 1.165) is 12.1 Å². The fourth-order valence-electron chi connectivity index (χ4n) is 1.72. The summed E-state index contributed by atoms with van der Waals surface area (Å²) in [7, 11) is 0. The molecule has 0 atom stereocenters. The van der Waals surface area contributed by atoms with Crippen LogP contribution in [0.5, 0.6) is 0 Å². The number of hydrogen-bond donors (Lipinski definition) is 1. The molecule has 1 aromatic heterocycles. The minimum absolute atomic E-state index is 0.242. The van der Waals surface area contributed by atoms with Gasteiger partial charge < -0.3 is 5.32 Å². The van der Waals surface area contributed by atoms with Gasteiger partial charge in [-0.05, 0) is 42.8 Å². The van der Waals surface area contributed by atoms with Crippen molar-refractivity contribution in [1.82, 2.24) is 10.3 Å². The van der Waals surface area contributed by atoms with Gasteiger partial charge in [0.05, 0.1) is 0 Å². The number of nitrogens with zero attached hydrogens (tertiary/aromatic N) is 1. The average Bonchev–Trinajstić information content (AvgIpc) is 2.38. The molecule has 1 heterocycles. The minimum atomic E-state index is -0.242. The van der Waals surface area contributed by atoms with Gasteiger partial charge in [-0.15, -0.1) is 0 Å². The van der Waals surface area contributed by atoms with Gasteiger partial charge in [-0.3, -0.25) is 4.98 Å². The molecule has 0 aliphatic rings. The Bertz CT molecular complexity index is 482. The number of hydrogen-bond acceptors (Lipinski definition) is 2. The van der Waals surface area contributed by atoms with Crippen LogP contribution in [0.3, 0.4) is 0 Å². The molecule has 0 unspecified atom stereocenters. The van der Waals surface area contributed by atoms with Crippen LogP contribution in [0, 0.1) is 5.82 Å². The summed E-state index contributed by atoms with van der Waals surface area (Å²) < 4.78 is 13.5. The molecule has 0 aliphatic heterocycles. The van der Waals surface area contributed by atoms with Crippen molar-refractivity contribution in [2.45, 2.75) is 13.0 Å². The van der Waals surface area contributed by atoms with E-state index in [1.165, 1.54) is 6.07 Å². The molecule has 18 heavy (non-hydrogen) atoms. The first-order valence-electron chi connectivity index (χ1n) is 5.80. The van der Waals surface area contributed by atoms with E-state index in [-0.39, 0.29) is 5.82 Å². The lowest BCUT2D eigenvalue weighted by molar-refractivity contribution is 0.598. The normalized spacial score (nSPS) is 10.6. The zero-order valence-electron chi connectivity index (χ0n) is 9.87. The third-order valence-electron chi connectivity index (χ3n) is 2.69. The van der Waals surface area contributed by atoms with Crippen molar-refractivity contribution in [2.24, 2.45) is 0 Å². The number of aromatic nitrogens is 1.